The predicted molar refractivity (Wildman–Crippen MR) is 282 cm³/mol. The van der Waals surface area contributed by atoms with Gasteiger partial charge in [-0.2, -0.15) is 0 Å². The summed E-state index contributed by atoms with van der Waals surface area (Å²) in [6.07, 6.45) is 3.24. The molecule has 2 aromatic heterocycles. The quantitative estimate of drug-likeness (QED) is 0.0819. The molecule has 3 nitrogen and oxygen atoms in total. The number of imidazole rings is 1. The third-order valence-corrected chi connectivity index (χ3v) is 14.7. The second kappa shape index (κ2) is 19.5. The van der Waals surface area contributed by atoms with Crippen molar-refractivity contribution < 1.29 is 20.1 Å². The van der Waals surface area contributed by atoms with Crippen molar-refractivity contribution in [3.63, 3.8) is 0 Å². The van der Waals surface area contributed by atoms with Crippen molar-refractivity contribution in [1.29, 1.82) is 0 Å². The van der Waals surface area contributed by atoms with Crippen molar-refractivity contribution in [1.82, 2.24) is 14.5 Å². The van der Waals surface area contributed by atoms with Gasteiger partial charge in [-0.05, 0) is 97.7 Å². The number of fused-ring (bicyclic) bond motifs is 7. The number of pyridine rings is 1. The maximum Gasteiger partial charge on any atom is 0.0798 e. The number of aromatic nitrogens is 3. The van der Waals surface area contributed by atoms with Gasteiger partial charge < -0.3 is 9.55 Å². The van der Waals surface area contributed by atoms with Crippen LogP contribution in [-0.4, -0.2) is 22.6 Å². The largest absolute Gasteiger partial charge is 0.333 e. The molecule has 0 saturated heterocycles. The van der Waals surface area contributed by atoms with E-state index >= 15 is 0 Å². The van der Waals surface area contributed by atoms with Crippen LogP contribution in [0.1, 0.15) is 70.1 Å². The molecule has 0 atom stereocenters. The summed E-state index contributed by atoms with van der Waals surface area (Å²) in [6.45, 7) is 20.9. The molecule has 5 heteroatoms. The first kappa shape index (κ1) is 46.6. The topological polar surface area (TPSA) is 30.7 Å². The maximum atomic E-state index is 5.32. The summed E-state index contributed by atoms with van der Waals surface area (Å²) in [5.74, 6) is 2.21. The summed E-state index contributed by atoms with van der Waals surface area (Å²) in [4.78, 5) is 10.0. The molecule has 0 fully saturated rings. The number of hydrogen-bond acceptors (Lipinski definition) is 2. The van der Waals surface area contributed by atoms with Gasteiger partial charge in [-0.3, -0.25) is 4.98 Å². The van der Waals surface area contributed by atoms with Crippen molar-refractivity contribution >= 4 is 56.6 Å². The van der Waals surface area contributed by atoms with Crippen molar-refractivity contribution in [2.24, 2.45) is 5.92 Å². The average molecular weight is 1050 g/mol. The first-order chi connectivity index (χ1) is 31.4. The molecule has 0 aliphatic carbocycles. The van der Waals surface area contributed by atoms with Gasteiger partial charge in [-0.1, -0.05) is 180 Å². The average Bonchev–Trinajstić information content (AvgIpc) is 3.70. The molecule has 0 spiro atoms. The van der Waals surface area contributed by atoms with Gasteiger partial charge in [-0.25, -0.2) is 0 Å². The zero-order valence-corrected chi connectivity index (χ0v) is 43.1. The van der Waals surface area contributed by atoms with Gasteiger partial charge in [0.2, 0.25) is 0 Å². The molecule has 333 valence electrons. The second-order valence-electron chi connectivity index (χ2n) is 19.6. The zero-order chi connectivity index (χ0) is 45.4. The molecule has 8 aromatic carbocycles. The first-order valence-electron chi connectivity index (χ1n) is 23.3. The van der Waals surface area contributed by atoms with E-state index in [2.05, 4.69) is 229 Å². The molecule has 0 N–H and O–H groups in total. The molecule has 0 unspecified atom stereocenters. The molecule has 66 heavy (non-hydrogen) atoms. The molecule has 0 aliphatic heterocycles. The van der Waals surface area contributed by atoms with E-state index in [1.807, 2.05) is 18.2 Å². The summed E-state index contributed by atoms with van der Waals surface area (Å²) in [5, 5.41) is 8.98. The Kier molecular flexibility index (Phi) is 13.7. The molecular formula is C61H59IrN3Si-2. The number of hydrogen-bond donors (Lipinski definition) is 0. The van der Waals surface area contributed by atoms with E-state index in [9.17, 15) is 0 Å². The van der Waals surface area contributed by atoms with Crippen molar-refractivity contribution in [2.45, 2.75) is 79.4 Å². The van der Waals surface area contributed by atoms with E-state index in [0.29, 0.717) is 17.8 Å². The van der Waals surface area contributed by atoms with Crippen LogP contribution < -0.4 is 5.19 Å². The molecule has 0 amide bonds. The van der Waals surface area contributed by atoms with Gasteiger partial charge in [-0.15, -0.1) is 59.7 Å². The number of para-hydroxylation sites is 2. The molecule has 10 aromatic rings. The van der Waals surface area contributed by atoms with Crippen LogP contribution in [0.25, 0.3) is 82.8 Å². The summed E-state index contributed by atoms with van der Waals surface area (Å²) < 4.78 is 2.41. The van der Waals surface area contributed by atoms with Crippen molar-refractivity contribution in [3.8, 4) is 39.5 Å². The maximum absolute atomic E-state index is 5.32. The molecular weight excluding hydrogens is 995 g/mol. The fourth-order valence-electron chi connectivity index (χ4n) is 9.50. The Labute approximate surface area is 406 Å². The zero-order valence-electron chi connectivity index (χ0n) is 39.7. The summed E-state index contributed by atoms with van der Waals surface area (Å²) in [6, 6.07) is 63.3. The normalized spacial score (nSPS) is 11.8. The van der Waals surface area contributed by atoms with Crippen LogP contribution in [0.4, 0.5) is 0 Å². The van der Waals surface area contributed by atoms with E-state index in [1.165, 1.54) is 71.0 Å². The number of rotatable bonds is 9. The minimum absolute atomic E-state index is 0. The molecule has 10 rings (SSSR count). The first-order valence-corrected chi connectivity index (χ1v) is 26.8. The minimum Gasteiger partial charge on any atom is -0.333 e. The van der Waals surface area contributed by atoms with Crippen LogP contribution >= 0.6 is 0 Å². The monoisotopic (exact) mass is 1050 g/mol. The standard InChI is InChI=1S/C43H35N2.C18H24NSi.Ir/c1-27(2)37-25-31(29-14-6-5-7-15-29)26-38(28(3)4)42(37)45-41-21-13-12-20-40(41)44-43(45)30-22-23-36-34-18-9-8-16-32(34)33-17-10-11-19-35(33)39(36)24-30;1-14(2)11-16-12-17(15-9-7-6-8-10-15)19-13-18(16)20(3,4)5;/h5-21,23-28H,1-4H3;6-9,12-14H,11H2,1-5H3;/q2*-1;. The third-order valence-electron chi connectivity index (χ3n) is 12.6. The van der Waals surface area contributed by atoms with Crippen LogP contribution in [0.3, 0.4) is 0 Å². The Morgan fingerprint density at radius 3 is 1.73 bits per heavy atom. The SMILES string of the molecule is CC(C)Cc1cc(-c2[c-]cccc2)ncc1[Si](C)(C)C.CC(C)c1cc(-c2ccccc2)cc(C(C)C)c1-n1c(-c2[c-]cc3c4ccccc4c4ccccc4c3c2)nc2ccccc21.[Ir]. The number of benzene rings is 8. The van der Waals surface area contributed by atoms with Crippen LogP contribution in [-0.2, 0) is 26.5 Å². The van der Waals surface area contributed by atoms with E-state index < -0.39 is 8.07 Å². The molecule has 2 heterocycles. The Morgan fingerprint density at radius 2 is 1.14 bits per heavy atom. The van der Waals surface area contributed by atoms with E-state index in [1.54, 1.807) is 0 Å². The van der Waals surface area contributed by atoms with Gasteiger partial charge in [0.1, 0.15) is 0 Å². The Bertz CT molecular complexity index is 3240. The van der Waals surface area contributed by atoms with Crippen LogP contribution in [0.15, 0.2) is 164 Å². The molecule has 1 radical (unpaired) electrons. The Morgan fingerprint density at radius 1 is 0.561 bits per heavy atom. The van der Waals surface area contributed by atoms with Gasteiger partial charge >= 0.3 is 0 Å². The molecule has 0 saturated carbocycles. The third kappa shape index (κ3) is 9.22. The fraction of sp³-hybridized carbons (Fsp3) is 0.213. The minimum atomic E-state index is -1.34. The summed E-state index contributed by atoms with van der Waals surface area (Å²) >= 11 is 0. The predicted octanol–water partition coefficient (Wildman–Crippen LogP) is 16.2. The van der Waals surface area contributed by atoms with E-state index in [0.717, 1.165) is 40.1 Å². The summed E-state index contributed by atoms with van der Waals surface area (Å²) in [5.41, 5.74) is 13.1. The summed E-state index contributed by atoms with van der Waals surface area (Å²) in [7, 11) is -1.34. The van der Waals surface area contributed by atoms with E-state index in [4.69, 9.17) is 4.98 Å². The van der Waals surface area contributed by atoms with Crippen LogP contribution in [0.2, 0.25) is 19.6 Å². The van der Waals surface area contributed by atoms with Gasteiger partial charge in [0.05, 0.1) is 24.9 Å². The van der Waals surface area contributed by atoms with Crippen molar-refractivity contribution in [2.75, 3.05) is 0 Å². The fourth-order valence-corrected chi connectivity index (χ4v) is 11.1. The van der Waals surface area contributed by atoms with Gasteiger partial charge in [0.25, 0.3) is 0 Å². The second-order valence-corrected chi connectivity index (χ2v) is 24.6. The van der Waals surface area contributed by atoms with Crippen molar-refractivity contribution in [3.05, 3.63) is 193 Å². The van der Waals surface area contributed by atoms with Crippen LogP contribution in [0, 0.1) is 18.1 Å². The molecule has 0 aliphatic rings. The smallest absolute Gasteiger partial charge is 0.0798 e. The Balaban J connectivity index is 0.000000238. The number of nitrogens with zero attached hydrogens (tertiary/aromatic N) is 3. The van der Waals surface area contributed by atoms with Gasteiger partial charge in [0, 0.05) is 32.0 Å². The van der Waals surface area contributed by atoms with E-state index in [-0.39, 0.29) is 20.1 Å². The molecule has 0 bridgehead atoms. The van der Waals surface area contributed by atoms with Gasteiger partial charge in [0.15, 0.2) is 0 Å². The van der Waals surface area contributed by atoms with Crippen LogP contribution in [0.5, 0.6) is 0 Å². The Hall–Kier alpha value is -5.97.